The van der Waals surface area contributed by atoms with Crippen LogP contribution >= 0.6 is 11.6 Å². The van der Waals surface area contributed by atoms with Gasteiger partial charge in [-0.2, -0.15) is 0 Å². The molecule has 1 aliphatic rings. The summed E-state index contributed by atoms with van der Waals surface area (Å²) in [6, 6.07) is 4.59. The minimum absolute atomic E-state index is 0.000823. The van der Waals surface area contributed by atoms with Crippen molar-refractivity contribution in [1.29, 1.82) is 0 Å². The smallest absolute Gasteiger partial charge is 0.130 e. The maximum absolute atomic E-state index is 13.5. The number of rotatable bonds is 4. The molecule has 1 aromatic carbocycles. The highest BCUT2D eigenvalue weighted by Gasteiger charge is 2.28. The van der Waals surface area contributed by atoms with Gasteiger partial charge in [-0.25, -0.2) is 4.39 Å². The molecule has 0 amide bonds. The first-order valence-corrected chi connectivity index (χ1v) is 6.74. The molecule has 5 heteroatoms. The van der Waals surface area contributed by atoms with Crippen molar-refractivity contribution in [3.05, 3.63) is 34.6 Å². The van der Waals surface area contributed by atoms with Gasteiger partial charge < -0.3 is 14.8 Å². The van der Waals surface area contributed by atoms with Crippen molar-refractivity contribution in [2.75, 3.05) is 19.7 Å². The van der Waals surface area contributed by atoms with E-state index in [2.05, 4.69) is 5.32 Å². The van der Waals surface area contributed by atoms with Crippen LogP contribution in [-0.2, 0) is 16.1 Å². The predicted octanol–water partition coefficient (Wildman–Crippen LogP) is 2.76. The van der Waals surface area contributed by atoms with Crippen LogP contribution < -0.4 is 5.32 Å². The number of morpholine rings is 1. The van der Waals surface area contributed by atoms with Crippen LogP contribution in [0.3, 0.4) is 0 Å². The molecule has 3 nitrogen and oxygen atoms in total. The highest BCUT2D eigenvalue weighted by atomic mass is 35.5. The molecule has 0 aliphatic carbocycles. The Bertz CT molecular complexity index is 439. The zero-order chi connectivity index (χ0) is 13.9. The van der Waals surface area contributed by atoms with Crippen LogP contribution in [0.15, 0.2) is 18.2 Å². The number of benzene rings is 1. The average molecular weight is 288 g/mol. The van der Waals surface area contributed by atoms with Crippen LogP contribution in [-0.4, -0.2) is 31.4 Å². The Kier molecular flexibility index (Phi) is 4.79. The highest BCUT2D eigenvalue weighted by molar-refractivity contribution is 6.30. The van der Waals surface area contributed by atoms with Crippen molar-refractivity contribution in [3.8, 4) is 0 Å². The molecule has 1 heterocycles. The zero-order valence-electron chi connectivity index (χ0n) is 11.2. The van der Waals surface area contributed by atoms with E-state index in [4.69, 9.17) is 21.1 Å². The molecular weight excluding hydrogens is 269 g/mol. The third-order valence-electron chi connectivity index (χ3n) is 2.98. The molecule has 0 radical (unpaired) electrons. The first-order chi connectivity index (χ1) is 8.96. The molecule has 1 saturated heterocycles. The molecule has 0 spiro atoms. The fraction of sp³-hybridized carbons (Fsp3) is 0.571. The van der Waals surface area contributed by atoms with E-state index >= 15 is 0 Å². The van der Waals surface area contributed by atoms with E-state index in [1.54, 1.807) is 12.1 Å². The lowest BCUT2D eigenvalue weighted by Gasteiger charge is -2.36. The van der Waals surface area contributed by atoms with Gasteiger partial charge in [0.2, 0.25) is 0 Å². The largest absolute Gasteiger partial charge is 0.374 e. The number of ether oxygens (including phenoxy) is 2. The Morgan fingerprint density at radius 1 is 1.53 bits per heavy atom. The molecule has 1 unspecified atom stereocenters. The summed E-state index contributed by atoms with van der Waals surface area (Å²) < 4.78 is 24.9. The summed E-state index contributed by atoms with van der Waals surface area (Å²) in [6.45, 7) is 6.32. The predicted molar refractivity (Wildman–Crippen MR) is 72.9 cm³/mol. The van der Waals surface area contributed by atoms with Crippen LogP contribution in [0.25, 0.3) is 0 Å². The maximum atomic E-state index is 13.5. The van der Waals surface area contributed by atoms with Gasteiger partial charge in [0, 0.05) is 23.7 Å². The van der Waals surface area contributed by atoms with Gasteiger partial charge in [-0.3, -0.25) is 0 Å². The minimum atomic E-state index is -0.337. The fourth-order valence-corrected chi connectivity index (χ4v) is 2.26. The van der Waals surface area contributed by atoms with Gasteiger partial charge >= 0.3 is 0 Å². The third kappa shape index (κ3) is 4.42. The molecule has 1 fully saturated rings. The second-order valence-electron chi connectivity index (χ2n) is 5.38. The Balaban J connectivity index is 1.80. The first-order valence-electron chi connectivity index (χ1n) is 6.36. The lowest BCUT2D eigenvalue weighted by molar-refractivity contribution is -0.122. The maximum Gasteiger partial charge on any atom is 0.130 e. The van der Waals surface area contributed by atoms with Gasteiger partial charge in [-0.05, 0) is 26.0 Å². The summed E-state index contributed by atoms with van der Waals surface area (Å²) in [5, 5.41) is 3.69. The summed E-state index contributed by atoms with van der Waals surface area (Å²) in [5.74, 6) is -0.337. The number of nitrogens with one attached hydrogen (secondary N) is 1. The minimum Gasteiger partial charge on any atom is -0.374 e. The Hall–Kier alpha value is -0.680. The van der Waals surface area contributed by atoms with Gasteiger partial charge in [0.05, 0.1) is 24.9 Å². The molecule has 19 heavy (non-hydrogen) atoms. The molecule has 0 saturated carbocycles. The summed E-state index contributed by atoms with van der Waals surface area (Å²) in [6.07, 6.45) is -0.000823. The van der Waals surface area contributed by atoms with Crippen molar-refractivity contribution in [3.63, 3.8) is 0 Å². The van der Waals surface area contributed by atoms with Gasteiger partial charge in [0.15, 0.2) is 0 Å². The monoisotopic (exact) mass is 287 g/mol. The molecule has 1 atom stereocenters. The van der Waals surface area contributed by atoms with Crippen molar-refractivity contribution in [2.45, 2.75) is 32.2 Å². The van der Waals surface area contributed by atoms with Gasteiger partial charge in [-0.1, -0.05) is 17.7 Å². The van der Waals surface area contributed by atoms with E-state index in [9.17, 15) is 4.39 Å². The molecule has 1 aromatic rings. The highest BCUT2D eigenvalue weighted by Crippen LogP contribution is 2.17. The number of hydrogen-bond acceptors (Lipinski definition) is 3. The van der Waals surface area contributed by atoms with E-state index in [0.717, 1.165) is 13.1 Å². The lowest BCUT2D eigenvalue weighted by atomic mass is 10.1. The van der Waals surface area contributed by atoms with Crippen molar-refractivity contribution >= 4 is 11.6 Å². The van der Waals surface area contributed by atoms with E-state index in [1.807, 2.05) is 13.8 Å². The van der Waals surface area contributed by atoms with Crippen LogP contribution in [0, 0.1) is 5.82 Å². The lowest BCUT2D eigenvalue weighted by Crippen LogP contribution is -2.51. The average Bonchev–Trinajstić information content (AvgIpc) is 2.31. The molecular formula is C14H19ClFNO2. The standard InChI is InChI=1S/C14H19ClFNO2/c1-14(2)9-17-6-12(19-14)8-18-7-10-3-4-11(15)5-13(10)16/h3-5,12,17H,6-9H2,1-2H3. The molecule has 0 aromatic heterocycles. The normalized spacial score (nSPS) is 22.4. The zero-order valence-corrected chi connectivity index (χ0v) is 12.0. The number of hydrogen-bond donors (Lipinski definition) is 1. The third-order valence-corrected chi connectivity index (χ3v) is 3.22. The van der Waals surface area contributed by atoms with Crippen molar-refractivity contribution in [2.24, 2.45) is 0 Å². The van der Waals surface area contributed by atoms with Gasteiger partial charge in [0.25, 0.3) is 0 Å². The second kappa shape index (κ2) is 6.18. The fourth-order valence-electron chi connectivity index (χ4n) is 2.10. The SMILES string of the molecule is CC1(C)CNCC(COCc2ccc(Cl)cc2F)O1. The number of halogens is 2. The quantitative estimate of drug-likeness (QED) is 0.924. The molecule has 0 bridgehead atoms. The first kappa shape index (κ1) is 14.7. The van der Waals surface area contributed by atoms with E-state index in [1.165, 1.54) is 6.07 Å². The van der Waals surface area contributed by atoms with Gasteiger partial charge in [0.1, 0.15) is 5.82 Å². The summed E-state index contributed by atoms with van der Waals surface area (Å²) in [4.78, 5) is 0. The van der Waals surface area contributed by atoms with E-state index < -0.39 is 0 Å². The van der Waals surface area contributed by atoms with Crippen LogP contribution in [0.2, 0.25) is 5.02 Å². The summed E-state index contributed by atoms with van der Waals surface area (Å²) in [7, 11) is 0. The molecule has 106 valence electrons. The summed E-state index contributed by atoms with van der Waals surface area (Å²) >= 11 is 5.70. The topological polar surface area (TPSA) is 30.5 Å². The Morgan fingerprint density at radius 2 is 2.32 bits per heavy atom. The molecule has 2 rings (SSSR count). The Labute approximate surface area is 118 Å². The van der Waals surface area contributed by atoms with Gasteiger partial charge in [-0.15, -0.1) is 0 Å². The van der Waals surface area contributed by atoms with Crippen molar-refractivity contribution in [1.82, 2.24) is 5.32 Å². The van der Waals surface area contributed by atoms with Crippen LogP contribution in [0.4, 0.5) is 4.39 Å². The van der Waals surface area contributed by atoms with Crippen LogP contribution in [0.5, 0.6) is 0 Å². The Morgan fingerprint density at radius 3 is 3.00 bits per heavy atom. The van der Waals surface area contributed by atoms with E-state index in [0.29, 0.717) is 17.2 Å². The second-order valence-corrected chi connectivity index (χ2v) is 5.82. The molecule has 1 aliphatic heterocycles. The van der Waals surface area contributed by atoms with E-state index in [-0.39, 0.29) is 24.1 Å². The molecule has 1 N–H and O–H groups in total. The summed E-state index contributed by atoms with van der Waals surface area (Å²) in [5.41, 5.74) is 0.324. The van der Waals surface area contributed by atoms with Crippen molar-refractivity contribution < 1.29 is 13.9 Å². The van der Waals surface area contributed by atoms with Crippen LogP contribution in [0.1, 0.15) is 19.4 Å².